The van der Waals surface area contributed by atoms with E-state index in [9.17, 15) is 9.90 Å². The van der Waals surface area contributed by atoms with Gasteiger partial charge in [0.2, 0.25) is 5.91 Å². The number of ether oxygens (including phenoxy) is 1. The van der Waals surface area contributed by atoms with E-state index in [0.717, 1.165) is 18.0 Å². The molecule has 1 amide bonds. The number of carbonyl (C=O) groups excluding carboxylic acids is 1. The van der Waals surface area contributed by atoms with Gasteiger partial charge in [-0.2, -0.15) is 0 Å². The Labute approximate surface area is 107 Å². The fourth-order valence-corrected chi connectivity index (χ4v) is 2.17. The molecule has 0 aromatic heterocycles. The molecule has 0 radical (unpaired) electrons. The lowest BCUT2D eigenvalue weighted by Gasteiger charge is -2.39. The maximum absolute atomic E-state index is 12.0. The first-order valence-electron chi connectivity index (χ1n) is 5.94. The highest BCUT2D eigenvalue weighted by molar-refractivity contribution is 5.86. The largest absolute Gasteiger partial charge is 0.497 e. The van der Waals surface area contributed by atoms with Crippen molar-refractivity contribution in [3.63, 3.8) is 0 Å². The van der Waals surface area contributed by atoms with E-state index in [-0.39, 0.29) is 12.5 Å². The lowest BCUT2D eigenvalue weighted by atomic mass is 10.1. The molecule has 5 nitrogen and oxygen atoms in total. The maximum atomic E-state index is 12.0. The van der Waals surface area contributed by atoms with Crippen LogP contribution in [0.1, 0.15) is 0 Å². The second-order valence-electron chi connectivity index (χ2n) is 4.35. The highest BCUT2D eigenvalue weighted by atomic mass is 16.5. The van der Waals surface area contributed by atoms with Gasteiger partial charge in [0.25, 0.3) is 0 Å². The van der Waals surface area contributed by atoms with E-state index in [4.69, 9.17) is 4.74 Å². The molecule has 1 atom stereocenters. The number of amides is 1. The first kappa shape index (κ1) is 12.7. The van der Waals surface area contributed by atoms with Crippen LogP contribution < -0.4 is 9.64 Å². The van der Waals surface area contributed by atoms with Crippen LogP contribution in [-0.4, -0.2) is 55.8 Å². The highest BCUT2D eigenvalue weighted by Gasteiger charge is 2.32. The Balaban J connectivity index is 2.22. The maximum Gasteiger partial charge on any atom is 0.247 e. The first-order valence-corrected chi connectivity index (χ1v) is 5.94. The van der Waals surface area contributed by atoms with Crippen molar-refractivity contribution in [2.75, 3.05) is 38.8 Å². The molecule has 0 bridgehead atoms. The number of piperazine rings is 1. The van der Waals surface area contributed by atoms with Crippen LogP contribution in [0.4, 0.5) is 5.69 Å². The lowest BCUT2D eigenvalue weighted by Crippen LogP contribution is -2.57. The third-order valence-corrected chi connectivity index (χ3v) is 3.29. The molecule has 1 aromatic carbocycles. The smallest absolute Gasteiger partial charge is 0.247 e. The third kappa shape index (κ3) is 2.26. The molecular weight excluding hydrogens is 232 g/mol. The van der Waals surface area contributed by atoms with Crippen molar-refractivity contribution >= 4 is 11.6 Å². The van der Waals surface area contributed by atoms with Gasteiger partial charge in [0.15, 0.2) is 0 Å². The van der Waals surface area contributed by atoms with Gasteiger partial charge < -0.3 is 19.6 Å². The summed E-state index contributed by atoms with van der Waals surface area (Å²) in [5, 5.41) is 9.40. The van der Waals surface area contributed by atoms with Crippen LogP contribution in [0.5, 0.6) is 5.75 Å². The minimum absolute atomic E-state index is 0.0421. The van der Waals surface area contributed by atoms with Gasteiger partial charge in [-0.1, -0.05) is 0 Å². The fraction of sp³-hybridized carbons (Fsp3) is 0.462. The zero-order chi connectivity index (χ0) is 13.1. The van der Waals surface area contributed by atoms with Crippen molar-refractivity contribution in [3.05, 3.63) is 24.3 Å². The standard InChI is InChI=1S/C13H18N2O3/c1-14-7-8-15(12(9-16)13(14)17)10-3-5-11(18-2)6-4-10/h3-6,12,16H,7-9H2,1-2H3. The van der Waals surface area contributed by atoms with Gasteiger partial charge >= 0.3 is 0 Å². The Morgan fingerprint density at radius 2 is 2.00 bits per heavy atom. The van der Waals surface area contributed by atoms with Gasteiger partial charge in [0.1, 0.15) is 11.8 Å². The van der Waals surface area contributed by atoms with Crippen molar-refractivity contribution in [1.82, 2.24) is 4.90 Å². The van der Waals surface area contributed by atoms with Crippen molar-refractivity contribution in [3.8, 4) is 5.75 Å². The van der Waals surface area contributed by atoms with Gasteiger partial charge in [-0.25, -0.2) is 0 Å². The summed E-state index contributed by atoms with van der Waals surface area (Å²) in [6.45, 7) is 1.22. The molecule has 1 aromatic rings. The predicted molar refractivity (Wildman–Crippen MR) is 68.9 cm³/mol. The summed E-state index contributed by atoms with van der Waals surface area (Å²) in [6.07, 6.45) is 0. The SMILES string of the molecule is COc1ccc(N2CCN(C)C(=O)C2CO)cc1. The average Bonchev–Trinajstić information content (AvgIpc) is 2.42. The van der Waals surface area contributed by atoms with Crippen LogP contribution in [0.15, 0.2) is 24.3 Å². The highest BCUT2D eigenvalue weighted by Crippen LogP contribution is 2.23. The third-order valence-electron chi connectivity index (χ3n) is 3.29. The molecule has 5 heteroatoms. The quantitative estimate of drug-likeness (QED) is 0.840. The summed E-state index contributed by atoms with van der Waals surface area (Å²) < 4.78 is 5.10. The minimum Gasteiger partial charge on any atom is -0.497 e. The molecule has 1 aliphatic rings. The lowest BCUT2D eigenvalue weighted by molar-refractivity contribution is -0.133. The zero-order valence-corrected chi connectivity index (χ0v) is 10.7. The number of likely N-dealkylation sites (N-methyl/N-ethyl adjacent to an activating group) is 1. The van der Waals surface area contributed by atoms with Crippen LogP contribution in [0.25, 0.3) is 0 Å². The van der Waals surface area contributed by atoms with E-state index in [1.54, 1.807) is 19.1 Å². The molecule has 1 unspecified atom stereocenters. The van der Waals surface area contributed by atoms with Crippen LogP contribution in [0, 0.1) is 0 Å². The fourth-order valence-electron chi connectivity index (χ4n) is 2.17. The topological polar surface area (TPSA) is 53.0 Å². The number of anilines is 1. The van der Waals surface area contributed by atoms with Crippen molar-refractivity contribution in [2.45, 2.75) is 6.04 Å². The summed E-state index contributed by atoms with van der Waals surface area (Å²) in [7, 11) is 3.38. The van der Waals surface area contributed by atoms with E-state index in [1.807, 2.05) is 29.2 Å². The second kappa shape index (κ2) is 5.27. The summed E-state index contributed by atoms with van der Waals surface area (Å²) >= 11 is 0. The molecule has 1 N–H and O–H groups in total. The van der Waals surface area contributed by atoms with Crippen molar-refractivity contribution < 1.29 is 14.6 Å². The molecule has 1 heterocycles. The number of aliphatic hydroxyl groups excluding tert-OH is 1. The number of methoxy groups -OCH3 is 1. The zero-order valence-electron chi connectivity index (χ0n) is 10.7. The average molecular weight is 250 g/mol. The summed E-state index contributed by atoms with van der Waals surface area (Å²) in [5.74, 6) is 0.735. The number of hydrogen-bond acceptors (Lipinski definition) is 4. The van der Waals surface area contributed by atoms with E-state index in [0.29, 0.717) is 6.54 Å². The van der Waals surface area contributed by atoms with E-state index in [2.05, 4.69) is 0 Å². The number of nitrogens with zero attached hydrogens (tertiary/aromatic N) is 2. The first-order chi connectivity index (χ1) is 8.67. The molecule has 1 aliphatic heterocycles. The van der Waals surface area contributed by atoms with Gasteiger partial charge in [-0.3, -0.25) is 4.79 Å². The molecule has 1 fully saturated rings. The molecule has 0 spiro atoms. The Kier molecular flexibility index (Phi) is 3.72. The van der Waals surface area contributed by atoms with Gasteiger partial charge in [0, 0.05) is 25.8 Å². The van der Waals surface area contributed by atoms with Gasteiger partial charge in [-0.15, -0.1) is 0 Å². The second-order valence-corrected chi connectivity index (χ2v) is 4.35. The van der Waals surface area contributed by atoms with Crippen LogP contribution in [0.2, 0.25) is 0 Å². The summed E-state index contributed by atoms with van der Waals surface area (Å²) in [5.41, 5.74) is 0.927. The molecule has 0 saturated carbocycles. The Morgan fingerprint density at radius 3 is 2.56 bits per heavy atom. The number of rotatable bonds is 3. The summed E-state index contributed by atoms with van der Waals surface area (Å²) in [4.78, 5) is 15.5. The Hall–Kier alpha value is -1.75. The number of benzene rings is 1. The van der Waals surface area contributed by atoms with E-state index >= 15 is 0 Å². The van der Waals surface area contributed by atoms with Gasteiger partial charge in [-0.05, 0) is 24.3 Å². The molecule has 0 aliphatic carbocycles. The molecule has 98 valence electrons. The van der Waals surface area contributed by atoms with E-state index < -0.39 is 6.04 Å². The number of carbonyl (C=O) groups is 1. The number of aliphatic hydroxyl groups is 1. The monoisotopic (exact) mass is 250 g/mol. The summed E-state index contributed by atoms with van der Waals surface area (Å²) in [6, 6.07) is 7.02. The Morgan fingerprint density at radius 1 is 1.33 bits per heavy atom. The van der Waals surface area contributed by atoms with Crippen LogP contribution in [0.3, 0.4) is 0 Å². The number of hydrogen-bond donors (Lipinski definition) is 1. The van der Waals surface area contributed by atoms with Crippen molar-refractivity contribution in [1.29, 1.82) is 0 Å². The molecule has 1 saturated heterocycles. The predicted octanol–water partition coefficient (Wildman–Crippen LogP) is 0.334. The molecular formula is C13H18N2O3. The molecule has 2 rings (SSSR count). The van der Waals surface area contributed by atoms with Gasteiger partial charge in [0.05, 0.1) is 13.7 Å². The molecule has 18 heavy (non-hydrogen) atoms. The Bertz CT molecular complexity index is 419. The van der Waals surface area contributed by atoms with E-state index in [1.165, 1.54) is 0 Å². The normalized spacial score (nSPS) is 20.2. The van der Waals surface area contributed by atoms with Crippen molar-refractivity contribution in [2.24, 2.45) is 0 Å². The van der Waals surface area contributed by atoms with Crippen LogP contribution in [-0.2, 0) is 4.79 Å². The van der Waals surface area contributed by atoms with Crippen LogP contribution >= 0.6 is 0 Å². The minimum atomic E-state index is -0.489.